The fourth-order valence-electron chi connectivity index (χ4n) is 2.63. The molecule has 20 heavy (non-hydrogen) atoms. The summed E-state index contributed by atoms with van der Waals surface area (Å²) < 4.78 is 0. The van der Waals surface area contributed by atoms with Crippen LogP contribution in [0.25, 0.3) is 0 Å². The van der Waals surface area contributed by atoms with E-state index in [4.69, 9.17) is 0 Å². The van der Waals surface area contributed by atoms with E-state index in [9.17, 15) is 5.11 Å². The summed E-state index contributed by atoms with van der Waals surface area (Å²) in [6.45, 7) is 6.65. The molecule has 1 saturated heterocycles. The quantitative estimate of drug-likeness (QED) is 0.791. The monoisotopic (exact) mass is 316 g/mol. The smallest absolute Gasteiger partial charge is 0.0449 e. The van der Waals surface area contributed by atoms with Crippen LogP contribution in [-0.4, -0.2) is 48.5 Å². The number of benzene rings is 1. The lowest BCUT2D eigenvalue weighted by Crippen LogP contribution is -2.45. The van der Waals surface area contributed by atoms with Crippen LogP contribution in [0.4, 0.5) is 0 Å². The lowest BCUT2D eigenvalue weighted by atomic mass is 10.0. The third kappa shape index (κ3) is 4.93. The van der Waals surface area contributed by atoms with Crippen LogP contribution in [0.2, 0.25) is 0 Å². The highest BCUT2D eigenvalue weighted by molar-refractivity contribution is 7.99. The Kier molecular flexibility index (Phi) is 8.57. The van der Waals surface area contributed by atoms with Gasteiger partial charge in [0.1, 0.15) is 0 Å². The molecule has 0 aromatic heterocycles. The van der Waals surface area contributed by atoms with Crippen molar-refractivity contribution < 1.29 is 5.11 Å². The van der Waals surface area contributed by atoms with Gasteiger partial charge in [-0.25, -0.2) is 0 Å². The van der Waals surface area contributed by atoms with Crippen molar-refractivity contribution in [3.05, 3.63) is 29.8 Å². The minimum absolute atomic E-state index is 0. The van der Waals surface area contributed by atoms with Crippen molar-refractivity contribution in [2.75, 3.05) is 38.5 Å². The average molecular weight is 317 g/mol. The number of thioether (sulfide) groups is 1. The number of nitrogens with zero attached hydrogens (tertiary/aromatic N) is 1. The van der Waals surface area contributed by atoms with Crippen molar-refractivity contribution in [2.24, 2.45) is 0 Å². The number of rotatable bonds is 6. The largest absolute Gasteiger partial charge is 0.396 e. The van der Waals surface area contributed by atoms with E-state index in [1.165, 1.54) is 10.5 Å². The van der Waals surface area contributed by atoms with Crippen LogP contribution in [0.3, 0.4) is 0 Å². The molecule has 1 aromatic rings. The van der Waals surface area contributed by atoms with E-state index in [1.807, 2.05) is 11.8 Å². The van der Waals surface area contributed by atoms with Gasteiger partial charge in [0.25, 0.3) is 0 Å². The normalized spacial score (nSPS) is 17.5. The first kappa shape index (κ1) is 17.8. The van der Waals surface area contributed by atoms with Crippen LogP contribution in [-0.2, 0) is 0 Å². The van der Waals surface area contributed by atoms with Gasteiger partial charge in [0.2, 0.25) is 0 Å². The molecule has 1 aliphatic rings. The zero-order valence-corrected chi connectivity index (χ0v) is 13.7. The van der Waals surface area contributed by atoms with Crippen molar-refractivity contribution in [1.82, 2.24) is 10.2 Å². The molecule has 1 atom stereocenters. The van der Waals surface area contributed by atoms with Crippen LogP contribution in [0.15, 0.2) is 29.2 Å². The number of aliphatic hydroxyl groups excluding tert-OH is 1. The van der Waals surface area contributed by atoms with Gasteiger partial charge in [-0.1, -0.05) is 19.1 Å². The van der Waals surface area contributed by atoms with E-state index in [2.05, 4.69) is 41.4 Å². The van der Waals surface area contributed by atoms with E-state index in [0.29, 0.717) is 6.04 Å². The van der Waals surface area contributed by atoms with Gasteiger partial charge in [-0.3, -0.25) is 4.90 Å². The maximum absolute atomic E-state index is 9.32. The molecular weight excluding hydrogens is 292 g/mol. The van der Waals surface area contributed by atoms with Gasteiger partial charge in [-0.2, -0.15) is 0 Å². The Morgan fingerprint density at radius 2 is 1.90 bits per heavy atom. The number of nitrogens with one attached hydrogen (secondary N) is 1. The van der Waals surface area contributed by atoms with Crippen molar-refractivity contribution in [1.29, 1.82) is 0 Å². The zero-order chi connectivity index (χ0) is 13.5. The predicted molar refractivity (Wildman–Crippen MR) is 89.0 cm³/mol. The van der Waals surface area contributed by atoms with Gasteiger partial charge in [0, 0.05) is 43.7 Å². The second kappa shape index (κ2) is 9.64. The van der Waals surface area contributed by atoms with E-state index in [0.717, 1.165) is 38.4 Å². The topological polar surface area (TPSA) is 35.5 Å². The molecule has 0 bridgehead atoms. The molecule has 0 saturated carbocycles. The molecule has 0 radical (unpaired) electrons. The molecule has 5 heteroatoms. The summed E-state index contributed by atoms with van der Waals surface area (Å²) in [5, 5.41) is 12.7. The molecule has 1 aliphatic heterocycles. The SMILES string of the molecule is CCSc1ccc([C@@H](CCO)N2CCNCC2)cc1.Cl. The molecule has 1 aromatic carbocycles. The summed E-state index contributed by atoms with van der Waals surface area (Å²) in [5.74, 6) is 1.11. The molecule has 3 nitrogen and oxygen atoms in total. The Morgan fingerprint density at radius 3 is 2.45 bits per heavy atom. The summed E-state index contributed by atoms with van der Waals surface area (Å²) in [7, 11) is 0. The molecule has 2 rings (SSSR count). The summed E-state index contributed by atoms with van der Waals surface area (Å²) >= 11 is 1.87. The minimum Gasteiger partial charge on any atom is -0.396 e. The summed E-state index contributed by atoms with van der Waals surface area (Å²) in [6.07, 6.45) is 0.820. The zero-order valence-electron chi connectivity index (χ0n) is 12.0. The molecule has 114 valence electrons. The number of aliphatic hydroxyl groups is 1. The number of hydrogen-bond donors (Lipinski definition) is 2. The predicted octanol–water partition coefficient (Wildman–Crippen LogP) is 2.55. The highest BCUT2D eigenvalue weighted by Gasteiger charge is 2.21. The maximum atomic E-state index is 9.32. The Balaban J connectivity index is 0.00000200. The second-order valence-corrected chi connectivity index (χ2v) is 6.15. The maximum Gasteiger partial charge on any atom is 0.0449 e. The van der Waals surface area contributed by atoms with Gasteiger partial charge >= 0.3 is 0 Å². The van der Waals surface area contributed by atoms with Crippen molar-refractivity contribution in [2.45, 2.75) is 24.3 Å². The van der Waals surface area contributed by atoms with Crippen LogP contribution in [0, 0.1) is 0 Å². The molecule has 0 aliphatic carbocycles. The first-order valence-electron chi connectivity index (χ1n) is 7.13. The standard InChI is InChI=1S/C15H24N2OS.ClH/c1-2-19-14-5-3-13(4-6-14)15(7-12-18)17-10-8-16-9-11-17;/h3-6,15-16,18H,2,7-12H2,1H3;1H/t15-;/m1./s1. The van der Waals surface area contributed by atoms with E-state index >= 15 is 0 Å². The molecule has 0 amide bonds. The Labute approximate surface area is 132 Å². The molecule has 1 fully saturated rings. The second-order valence-electron chi connectivity index (χ2n) is 4.82. The van der Waals surface area contributed by atoms with Crippen LogP contribution in [0.5, 0.6) is 0 Å². The molecular formula is C15H25ClN2OS. The van der Waals surface area contributed by atoms with Crippen molar-refractivity contribution >= 4 is 24.2 Å². The lowest BCUT2D eigenvalue weighted by molar-refractivity contribution is 0.141. The fraction of sp³-hybridized carbons (Fsp3) is 0.600. The lowest BCUT2D eigenvalue weighted by Gasteiger charge is -2.35. The van der Waals surface area contributed by atoms with Gasteiger partial charge in [0.15, 0.2) is 0 Å². The van der Waals surface area contributed by atoms with E-state index in [-0.39, 0.29) is 19.0 Å². The van der Waals surface area contributed by atoms with Gasteiger partial charge in [-0.15, -0.1) is 24.2 Å². The van der Waals surface area contributed by atoms with Gasteiger partial charge < -0.3 is 10.4 Å². The minimum atomic E-state index is 0. The Bertz CT molecular complexity index is 369. The number of piperazine rings is 1. The molecule has 1 heterocycles. The molecule has 2 N–H and O–H groups in total. The summed E-state index contributed by atoms with van der Waals surface area (Å²) in [4.78, 5) is 3.81. The van der Waals surface area contributed by atoms with Crippen molar-refractivity contribution in [3.8, 4) is 0 Å². The van der Waals surface area contributed by atoms with Crippen LogP contribution < -0.4 is 5.32 Å². The third-order valence-electron chi connectivity index (χ3n) is 3.57. The summed E-state index contributed by atoms with van der Waals surface area (Å²) in [6, 6.07) is 9.21. The third-order valence-corrected chi connectivity index (χ3v) is 4.46. The highest BCUT2D eigenvalue weighted by Crippen LogP contribution is 2.27. The average Bonchev–Trinajstić information content (AvgIpc) is 2.47. The first-order valence-corrected chi connectivity index (χ1v) is 8.12. The van der Waals surface area contributed by atoms with E-state index < -0.39 is 0 Å². The van der Waals surface area contributed by atoms with Gasteiger partial charge in [0.05, 0.1) is 0 Å². The highest BCUT2D eigenvalue weighted by atomic mass is 35.5. The Morgan fingerprint density at radius 1 is 1.25 bits per heavy atom. The molecule has 0 unspecified atom stereocenters. The fourth-order valence-corrected chi connectivity index (χ4v) is 3.29. The van der Waals surface area contributed by atoms with E-state index in [1.54, 1.807) is 0 Å². The Hall–Kier alpha value is -0.260. The van der Waals surface area contributed by atoms with Gasteiger partial charge in [-0.05, 0) is 29.9 Å². The summed E-state index contributed by atoms with van der Waals surface area (Å²) in [5.41, 5.74) is 1.33. The molecule has 0 spiro atoms. The van der Waals surface area contributed by atoms with Crippen LogP contribution in [0.1, 0.15) is 24.9 Å². The number of hydrogen-bond acceptors (Lipinski definition) is 4. The van der Waals surface area contributed by atoms with Crippen LogP contribution >= 0.6 is 24.2 Å². The van der Waals surface area contributed by atoms with Crippen molar-refractivity contribution in [3.63, 3.8) is 0 Å². The first-order chi connectivity index (χ1) is 9.35. The number of halogens is 1.